The monoisotopic (exact) mass is 903 g/mol. The number of hydrogen-bond donors (Lipinski definition) is 0. The highest BCUT2D eigenvalue weighted by molar-refractivity contribution is 7.15. The van der Waals surface area contributed by atoms with E-state index in [1.807, 2.05) is 50.2 Å². The summed E-state index contributed by atoms with van der Waals surface area (Å²) < 4.78 is 8.41. The maximum absolute atomic E-state index is 13.6. The first-order chi connectivity index (χ1) is 30.3. The molecule has 2 aliphatic rings. The summed E-state index contributed by atoms with van der Waals surface area (Å²) >= 11 is 7.90. The highest BCUT2D eigenvalue weighted by atomic mass is 35.5. The Bertz CT molecular complexity index is 2520. The smallest absolute Gasteiger partial charge is 0.329 e. The second-order valence-electron chi connectivity index (χ2n) is 18.9. The number of piperidine rings is 1. The van der Waals surface area contributed by atoms with Crippen LogP contribution in [0.5, 0.6) is 0 Å². The van der Waals surface area contributed by atoms with Crippen molar-refractivity contribution in [2.45, 2.75) is 146 Å². The molecule has 2 aliphatic heterocycles. The standard InChI is InChI=1S/C33H45NO4.C20H21ClN4S/c1-8-33(6,7)30(35)31(36)34-19-10-9-14-28(34)32(37)38-29(27-13-11-12-26(21-27)22(2)3)18-17-25-16-15-23(4)24(5)20-25;1-10(2)17-19-24-23-13(5)25(19)20-16(11(3)12(4)26-20)18(22-17)14-6-8-15(21)9-7-14/h11-13,15-16,20-22,28-29H,8-10,14,17-19H2,1-7H3;6-10,17H,1-5H3. The van der Waals surface area contributed by atoms with Crippen LogP contribution >= 0.6 is 22.9 Å². The topological polar surface area (TPSA) is 107 Å². The van der Waals surface area contributed by atoms with Gasteiger partial charge in [0.1, 0.15) is 29.0 Å². The van der Waals surface area contributed by atoms with E-state index < -0.39 is 35.2 Å². The van der Waals surface area contributed by atoms with Crippen LogP contribution in [0.2, 0.25) is 5.02 Å². The number of ether oxygens (including phenoxy) is 1. The number of hydrogen-bond acceptors (Lipinski definition) is 8. The average Bonchev–Trinajstić information content (AvgIpc) is 3.75. The predicted molar refractivity (Wildman–Crippen MR) is 260 cm³/mol. The van der Waals surface area contributed by atoms with Gasteiger partial charge in [-0.3, -0.25) is 19.1 Å². The minimum Gasteiger partial charge on any atom is -0.456 e. The molecule has 0 aliphatic carbocycles. The van der Waals surface area contributed by atoms with Crippen molar-refractivity contribution in [3.05, 3.63) is 133 Å². The van der Waals surface area contributed by atoms with Crippen molar-refractivity contribution in [2.24, 2.45) is 16.3 Å². The van der Waals surface area contributed by atoms with Gasteiger partial charge in [0.05, 0.1) is 5.71 Å². The zero-order valence-electron chi connectivity index (χ0n) is 39.8. The normalized spacial score (nSPS) is 16.6. The second-order valence-corrected chi connectivity index (χ2v) is 20.5. The molecule has 64 heavy (non-hydrogen) atoms. The minimum atomic E-state index is -0.755. The number of fused-ring (bicyclic) bond motifs is 3. The lowest BCUT2D eigenvalue weighted by Gasteiger charge is -2.36. The third kappa shape index (κ3) is 10.6. The fourth-order valence-corrected chi connectivity index (χ4v) is 9.63. The molecule has 3 unspecified atom stereocenters. The van der Waals surface area contributed by atoms with Gasteiger partial charge < -0.3 is 9.64 Å². The van der Waals surface area contributed by atoms with E-state index >= 15 is 0 Å². The fraction of sp³-hybridized carbons (Fsp3) is 0.472. The number of benzene rings is 3. The van der Waals surface area contributed by atoms with E-state index in [1.165, 1.54) is 43.2 Å². The van der Waals surface area contributed by atoms with Crippen molar-refractivity contribution in [3.8, 4) is 5.00 Å². The summed E-state index contributed by atoms with van der Waals surface area (Å²) in [6.07, 6.45) is 3.64. The number of ketones is 1. The molecule has 0 radical (unpaired) electrons. The molecule has 7 rings (SSSR count). The minimum absolute atomic E-state index is 0.0406. The molecule has 0 bridgehead atoms. The summed E-state index contributed by atoms with van der Waals surface area (Å²) in [5, 5.41) is 10.7. The molecular weight excluding hydrogens is 838 g/mol. The molecule has 3 atom stereocenters. The molecule has 3 aromatic carbocycles. The summed E-state index contributed by atoms with van der Waals surface area (Å²) in [6.45, 7) is 25.1. The molecule has 0 N–H and O–H groups in total. The number of Topliss-reactive ketones (excluding diaryl/α,β-unsaturated/α-hetero) is 1. The van der Waals surface area contributed by atoms with Crippen LogP contribution in [0.15, 0.2) is 71.7 Å². The number of carbonyl (C=O) groups is 3. The van der Waals surface area contributed by atoms with Gasteiger partial charge in [-0.25, -0.2) is 4.79 Å². The number of halogens is 1. The van der Waals surface area contributed by atoms with Crippen LogP contribution in [0.3, 0.4) is 0 Å². The molecule has 1 saturated heterocycles. The van der Waals surface area contributed by atoms with Crippen LogP contribution in [0.25, 0.3) is 5.00 Å². The molecule has 1 amide bonds. The summed E-state index contributed by atoms with van der Waals surface area (Å²) in [7, 11) is 0. The van der Waals surface area contributed by atoms with Crippen LogP contribution in [0.1, 0.15) is 160 Å². The number of aliphatic imine (C=N–C) groups is 1. The highest BCUT2D eigenvalue weighted by Gasteiger charge is 2.41. The van der Waals surface area contributed by atoms with Crippen molar-refractivity contribution < 1.29 is 19.1 Å². The number of esters is 1. The van der Waals surface area contributed by atoms with Crippen LogP contribution in [0, 0.1) is 46.0 Å². The van der Waals surface area contributed by atoms with Gasteiger partial charge in [-0.1, -0.05) is 115 Å². The maximum Gasteiger partial charge on any atom is 0.329 e. The molecule has 0 saturated carbocycles. The van der Waals surface area contributed by atoms with Crippen molar-refractivity contribution in [3.63, 3.8) is 0 Å². The predicted octanol–water partition coefficient (Wildman–Crippen LogP) is 12.5. The molecule has 0 spiro atoms. The van der Waals surface area contributed by atoms with E-state index in [9.17, 15) is 14.4 Å². The number of aryl methyl sites for hydroxylation is 5. The maximum atomic E-state index is 13.6. The number of carbonyl (C=O) groups excluding carboxylic acids is 3. The zero-order chi connectivity index (χ0) is 46.6. The Hall–Kier alpha value is -4.93. The molecule has 5 aromatic rings. The van der Waals surface area contributed by atoms with Crippen LogP contribution < -0.4 is 0 Å². The van der Waals surface area contributed by atoms with Gasteiger partial charge in [0.25, 0.3) is 5.91 Å². The van der Waals surface area contributed by atoms with E-state index in [1.54, 1.807) is 25.2 Å². The van der Waals surface area contributed by atoms with Gasteiger partial charge in [0.2, 0.25) is 5.78 Å². The zero-order valence-corrected chi connectivity index (χ0v) is 41.4. The Balaban J connectivity index is 0.000000227. The SMILES string of the molecule is CCC(C)(C)C(=O)C(=O)N1CCCCC1C(=O)OC(CCc1ccc(C)c(C)c1)c1cccc(C(C)C)c1.Cc1sc2c(c1C)C(c1ccc(Cl)cc1)=NC(C(C)C)c1nnc(C)n1-2. The Morgan fingerprint density at radius 2 is 1.59 bits per heavy atom. The van der Waals surface area contributed by atoms with E-state index in [0.29, 0.717) is 37.6 Å². The lowest BCUT2D eigenvalue weighted by Crippen LogP contribution is -2.53. The van der Waals surface area contributed by atoms with Crippen molar-refractivity contribution >= 4 is 46.3 Å². The Morgan fingerprint density at radius 1 is 0.891 bits per heavy atom. The van der Waals surface area contributed by atoms with Gasteiger partial charge in [-0.05, 0) is 130 Å². The molecule has 340 valence electrons. The summed E-state index contributed by atoms with van der Waals surface area (Å²) in [4.78, 5) is 47.8. The third-order valence-corrected chi connectivity index (χ3v) is 14.6. The Morgan fingerprint density at radius 3 is 2.25 bits per heavy atom. The van der Waals surface area contributed by atoms with Crippen molar-refractivity contribution in [1.29, 1.82) is 0 Å². The lowest BCUT2D eigenvalue weighted by atomic mass is 9.84. The fourth-order valence-electron chi connectivity index (χ4n) is 8.29. The first-order valence-electron chi connectivity index (χ1n) is 22.9. The summed E-state index contributed by atoms with van der Waals surface area (Å²) in [5.41, 5.74) is 9.65. The average molecular weight is 905 g/mol. The largest absolute Gasteiger partial charge is 0.456 e. The Labute approximate surface area is 389 Å². The first kappa shape index (κ1) is 48.5. The van der Waals surface area contributed by atoms with Crippen molar-refractivity contribution in [2.75, 3.05) is 6.54 Å². The quantitative estimate of drug-likeness (QED) is 0.0912. The number of nitrogens with zero attached hydrogens (tertiary/aromatic N) is 5. The summed E-state index contributed by atoms with van der Waals surface area (Å²) in [5.74, 6) is 1.08. The molecule has 4 heterocycles. The number of amides is 1. The number of aromatic nitrogens is 3. The van der Waals surface area contributed by atoms with Gasteiger partial charge in [-0.15, -0.1) is 21.5 Å². The molecular formula is C53H66ClN5O4S. The van der Waals surface area contributed by atoms with E-state index in [2.05, 4.69) is 100 Å². The van der Waals surface area contributed by atoms with Gasteiger partial charge in [0.15, 0.2) is 5.82 Å². The van der Waals surface area contributed by atoms with Gasteiger partial charge in [0, 0.05) is 33.0 Å². The first-order valence-corrected chi connectivity index (χ1v) is 24.1. The number of likely N-dealkylation sites (tertiary alicyclic amines) is 1. The van der Waals surface area contributed by atoms with Gasteiger partial charge >= 0.3 is 5.97 Å². The number of thiophene rings is 1. The van der Waals surface area contributed by atoms with Crippen LogP contribution in [-0.2, 0) is 25.5 Å². The number of rotatable bonds is 12. The van der Waals surface area contributed by atoms with Crippen molar-refractivity contribution in [1.82, 2.24) is 19.7 Å². The molecule has 9 nitrogen and oxygen atoms in total. The molecule has 1 fully saturated rings. The van der Waals surface area contributed by atoms with E-state index in [4.69, 9.17) is 21.3 Å². The molecule has 2 aromatic heterocycles. The summed E-state index contributed by atoms with van der Waals surface area (Å²) in [6, 6.07) is 21.9. The lowest BCUT2D eigenvalue weighted by molar-refractivity contribution is -0.164. The van der Waals surface area contributed by atoms with E-state index in [-0.39, 0.29) is 6.04 Å². The third-order valence-electron chi connectivity index (χ3n) is 13.1. The highest BCUT2D eigenvalue weighted by Crippen LogP contribution is 2.41. The van der Waals surface area contributed by atoms with Crippen LogP contribution in [-0.4, -0.2) is 55.6 Å². The Kier molecular flexibility index (Phi) is 15.5. The van der Waals surface area contributed by atoms with E-state index in [0.717, 1.165) is 57.8 Å². The van der Waals surface area contributed by atoms with Gasteiger partial charge in [-0.2, -0.15) is 0 Å². The molecule has 11 heteroatoms. The van der Waals surface area contributed by atoms with Crippen LogP contribution in [0.4, 0.5) is 0 Å². The second kappa shape index (κ2) is 20.5.